The van der Waals surface area contributed by atoms with Gasteiger partial charge in [0.2, 0.25) is 5.91 Å². The van der Waals surface area contributed by atoms with E-state index in [0.717, 1.165) is 0 Å². The van der Waals surface area contributed by atoms with Crippen LogP contribution in [0.15, 0.2) is 46.6 Å². The Morgan fingerprint density at radius 2 is 1.91 bits per heavy atom. The van der Waals surface area contributed by atoms with Crippen molar-refractivity contribution in [3.8, 4) is 5.75 Å². The van der Waals surface area contributed by atoms with Crippen molar-refractivity contribution >= 4 is 28.9 Å². The summed E-state index contributed by atoms with van der Waals surface area (Å²) in [7, 11) is 0. The van der Waals surface area contributed by atoms with E-state index in [0.29, 0.717) is 17.2 Å². The number of phenols is 1. The number of nitrogen functional groups attached to an aromatic ring is 1. The number of aromatic hydroxyl groups is 1. The van der Waals surface area contributed by atoms with E-state index in [1.807, 2.05) is 0 Å². The highest BCUT2D eigenvalue weighted by atomic mass is 16.3. The van der Waals surface area contributed by atoms with Gasteiger partial charge < -0.3 is 21.9 Å². The summed E-state index contributed by atoms with van der Waals surface area (Å²) in [6.45, 7) is 0.258. The summed E-state index contributed by atoms with van der Waals surface area (Å²) in [5, 5.41) is 20.0. The van der Waals surface area contributed by atoms with Gasteiger partial charge in [-0.25, -0.2) is 4.98 Å². The Morgan fingerprint density at radius 1 is 1.18 bits per heavy atom. The van der Waals surface area contributed by atoms with Gasteiger partial charge in [-0.05, 0) is 24.3 Å². The molecule has 0 aliphatic rings. The van der Waals surface area contributed by atoms with Crippen molar-refractivity contribution in [1.29, 1.82) is 0 Å². The van der Waals surface area contributed by atoms with E-state index in [-0.39, 0.29) is 30.4 Å². The Morgan fingerprint density at radius 3 is 2.59 bits per heavy atom. The Labute approximate surface area is 126 Å². The van der Waals surface area contributed by atoms with E-state index >= 15 is 0 Å². The summed E-state index contributed by atoms with van der Waals surface area (Å²) in [5.74, 6) is 0.212. The van der Waals surface area contributed by atoms with Gasteiger partial charge in [0.05, 0.1) is 0 Å². The summed E-state index contributed by atoms with van der Waals surface area (Å²) in [6, 6.07) is 9.67. The highest BCUT2D eigenvalue weighted by molar-refractivity contribution is 5.90. The maximum Gasteiger partial charge on any atom is 0.226 e. The maximum atomic E-state index is 11.4. The molecule has 1 heterocycles. The zero-order valence-corrected chi connectivity index (χ0v) is 11.7. The predicted octanol–water partition coefficient (Wildman–Crippen LogP) is 2.07. The normalized spacial score (nSPS) is 10.8. The minimum atomic E-state index is -0.238. The molecule has 22 heavy (non-hydrogen) atoms. The number of anilines is 2. The van der Waals surface area contributed by atoms with Crippen molar-refractivity contribution in [2.75, 3.05) is 17.6 Å². The van der Waals surface area contributed by atoms with Crippen molar-refractivity contribution in [2.24, 2.45) is 16.0 Å². The lowest BCUT2D eigenvalue weighted by Crippen LogP contribution is -2.17. The number of hydrogen-bond acceptors (Lipinski definition) is 7. The lowest BCUT2D eigenvalue weighted by atomic mass is 10.3. The second-order valence-electron chi connectivity index (χ2n) is 4.38. The summed E-state index contributed by atoms with van der Waals surface area (Å²) in [6.07, 6.45) is 0.205. The van der Waals surface area contributed by atoms with E-state index in [4.69, 9.17) is 11.5 Å². The number of benzene rings is 1. The Bertz CT molecular complexity index is 701. The van der Waals surface area contributed by atoms with Crippen molar-refractivity contribution in [2.45, 2.75) is 6.42 Å². The number of phenolic OH excluding ortho intramolecular Hbond substituents is 1. The van der Waals surface area contributed by atoms with Crippen LogP contribution < -0.4 is 16.8 Å². The van der Waals surface area contributed by atoms with E-state index in [1.165, 1.54) is 6.07 Å². The van der Waals surface area contributed by atoms with Crippen LogP contribution in [0.1, 0.15) is 6.42 Å². The fraction of sp³-hybridized carbons (Fsp3) is 0.143. The topological polar surface area (TPSA) is 139 Å². The molecule has 0 spiro atoms. The fourth-order valence-electron chi connectivity index (χ4n) is 1.61. The quantitative estimate of drug-likeness (QED) is 0.626. The number of carbonyl (C=O) groups excluding carboxylic acids is 1. The molecule has 8 heteroatoms. The molecule has 6 N–H and O–H groups in total. The SMILES string of the molecule is NCCC(=O)Nc1ccc(N=Nc2ccccc2O)c(N)n1. The number of azo groups is 1. The number of carbonyl (C=O) groups is 1. The van der Waals surface area contributed by atoms with Gasteiger partial charge in [-0.2, -0.15) is 0 Å². The van der Waals surface area contributed by atoms with Gasteiger partial charge >= 0.3 is 0 Å². The third kappa shape index (κ3) is 4.00. The first-order valence-corrected chi connectivity index (χ1v) is 6.56. The van der Waals surface area contributed by atoms with E-state index < -0.39 is 0 Å². The number of nitrogens with two attached hydrogens (primary N) is 2. The fourth-order valence-corrected chi connectivity index (χ4v) is 1.61. The van der Waals surface area contributed by atoms with Crippen LogP contribution in [0, 0.1) is 0 Å². The number of rotatable bonds is 5. The molecular weight excluding hydrogens is 284 g/mol. The van der Waals surface area contributed by atoms with Crippen LogP contribution in [0.4, 0.5) is 23.0 Å². The second kappa shape index (κ2) is 7.14. The monoisotopic (exact) mass is 300 g/mol. The Hall–Kier alpha value is -3.00. The molecule has 0 saturated carbocycles. The minimum absolute atomic E-state index is 0.0171. The smallest absolute Gasteiger partial charge is 0.226 e. The number of aromatic nitrogens is 1. The van der Waals surface area contributed by atoms with Gasteiger partial charge in [0, 0.05) is 13.0 Å². The number of nitrogens with one attached hydrogen (secondary N) is 1. The number of para-hydroxylation sites is 1. The number of nitrogens with zero attached hydrogens (tertiary/aromatic N) is 3. The number of amides is 1. The first-order valence-electron chi connectivity index (χ1n) is 6.56. The van der Waals surface area contributed by atoms with Gasteiger partial charge in [0.1, 0.15) is 22.9 Å². The van der Waals surface area contributed by atoms with E-state index in [9.17, 15) is 9.90 Å². The van der Waals surface area contributed by atoms with Crippen LogP contribution >= 0.6 is 0 Å². The molecule has 0 unspecified atom stereocenters. The molecule has 1 aromatic carbocycles. The third-order valence-corrected chi connectivity index (χ3v) is 2.69. The molecule has 1 aromatic heterocycles. The molecule has 1 amide bonds. The lowest BCUT2D eigenvalue weighted by Gasteiger charge is -2.05. The summed E-state index contributed by atoms with van der Waals surface area (Å²) in [5.41, 5.74) is 11.7. The molecule has 0 bridgehead atoms. The first kappa shape index (κ1) is 15.4. The number of hydrogen-bond donors (Lipinski definition) is 4. The molecule has 0 fully saturated rings. The Balaban J connectivity index is 2.13. The van der Waals surface area contributed by atoms with Crippen LogP contribution in [0.5, 0.6) is 5.75 Å². The largest absolute Gasteiger partial charge is 0.506 e. The van der Waals surface area contributed by atoms with Crippen LogP contribution in [-0.2, 0) is 4.79 Å². The molecule has 0 aliphatic carbocycles. The Kier molecular flexibility index (Phi) is 4.99. The maximum absolute atomic E-state index is 11.4. The predicted molar refractivity (Wildman–Crippen MR) is 83.2 cm³/mol. The average Bonchev–Trinajstić information content (AvgIpc) is 2.48. The molecular formula is C14H16N6O2. The third-order valence-electron chi connectivity index (χ3n) is 2.69. The minimum Gasteiger partial charge on any atom is -0.506 e. The van der Waals surface area contributed by atoms with Gasteiger partial charge in [-0.3, -0.25) is 4.79 Å². The standard InChI is InChI=1S/C14H16N6O2/c15-8-7-13(22)17-12-6-5-10(14(16)18-12)20-19-9-3-1-2-4-11(9)21/h1-6,21H,7-8,15H2,(H3,16,17,18,22). The van der Waals surface area contributed by atoms with Gasteiger partial charge in [-0.1, -0.05) is 12.1 Å². The van der Waals surface area contributed by atoms with Crippen molar-refractivity contribution < 1.29 is 9.90 Å². The molecule has 2 aromatic rings. The van der Waals surface area contributed by atoms with Crippen LogP contribution in [0.25, 0.3) is 0 Å². The van der Waals surface area contributed by atoms with E-state index in [2.05, 4.69) is 20.5 Å². The summed E-state index contributed by atoms with van der Waals surface area (Å²) < 4.78 is 0. The van der Waals surface area contributed by atoms with Crippen molar-refractivity contribution in [3.05, 3.63) is 36.4 Å². The number of pyridine rings is 1. The molecule has 0 radical (unpaired) electrons. The van der Waals surface area contributed by atoms with Crippen LogP contribution in [0.2, 0.25) is 0 Å². The zero-order chi connectivity index (χ0) is 15.9. The second-order valence-corrected chi connectivity index (χ2v) is 4.38. The first-order chi connectivity index (χ1) is 10.6. The van der Waals surface area contributed by atoms with Crippen LogP contribution in [-0.4, -0.2) is 22.5 Å². The lowest BCUT2D eigenvalue weighted by molar-refractivity contribution is -0.116. The van der Waals surface area contributed by atoms with Gasteiger partial charge in [-0.15, -0.1) is 10.2 Å². The molecule has 8 nitrogen and oxygen atoms in total. The highest BCUT2D eigenvalue weighted by Crippen LogP contribution is 2.29. The zero-order valence-electron chi connectivity index (χ0n) is 11.7. The summed E-state index contributed by atoms with van der Waals surface area (Å²) in [4.78, 5) is 15.4. The molecule has 0 saturated heterocycles. The average molecular weight is 300 g/mol. The van der Waals surface area contributed by atoms with Gasteiger partial charge in [0.15, 0.2) is 5.82 Å². The van der Waals surface area contributed by atoms with Crippen molar-refractivity contribution in [3.63, 3.8) is 0 Å². The molecule has 0 aliphatic heterocycles. The van der Waals surface area contributed by atoms with Crippen LogP contribution in [0.3, 0.4) is 0 Å². The molecule has 2 rings (SSSR count). The highest BCUT2D eigenvalue weighted by Gasteiger charge is 2.06. The molecule has 0 atom stereocenters. The summed E-state index contributed by atoms with van der Waals surface area (Å²) >= 11 is 0. The van der Waals surface area contributed by atoms with E-state index in [1.54, 1.807) is 30.3 Å². The van der Waals surface area contributed by atoms with Crippen molar-refractivity contribution in [1.82, 2.24) is 4.98 Å². The molecule has 114 valence electrons. The van der Waals surface area contributed by atoms with Gasteiger partial charge in [0.25, 0.3) is 0 Å².